The SMILES string of the molecule is C=CC1CC2C(=O)C[C@H]2C1. The van der Waals surface area contributed by atoms with Gasteiger partial charge in [-0.15, -0.1) is 6.58 Å². The lowest BCUT2D eigenvalue weighted by Crippen LogP contribution is -2.32. The Morgan fingerprint density at radius 2 is 2.30 bits per heavy atom. The van der Waals surface area contributed by atoms with Crippen LogP contribution in [0.3, 0.4) is 0 Å². The first-order valence-electron chi connectivity index (χ1n) is 3.96. The maximum Gasteiger partial charge on any atom is 0.136 e. The molecule has 1 heteroatoms. The molecule has 2 fully saturated rings. The summed E-state index contributed by atoms with van der Waals surface area (Å²) >= 11 is 0. The van der Waals surface area contributed by atoms with Crippen LogP contribution >= 0.6 is 0 Å². The van der Waals surface area contributed by atoms with Gasteiger partial charge in [0.15, 0.2) is 0 Å². The van der Waals surface area contributed by atoms with Gasteiger partial charge in [-0.05, 0) is 24.7 Å². The lowest BCUT2D eigenvalue weighted by Gasteiger charge is -2.27. The summed E-state index contributed by atoms with van der Waals surface area (Å²) in [4.78, 5) is 10.9. The maximum atomic E-state index is 10.9. The van der Waals surface area contributed by atoms with Crippen LogP contribution in [-0.2, 0) is 4.79 Å². The Kier molecular flexibility index (Phi) is 1.19. The minimum Gasteiger partial charge on any atom is -0.299 e. The normalized spacial score (nSPS) is 44.4. The molecule has 10 heavy (non-hydrogen) atoms. The third-order valence-corrected chi connectivity index (χ3v) is 2.94. The molecule has 0 aliphatic heterocycles. The van der Waals surface area contributed by atoms with Gasteiger partial charge in [-0.2, -0.15) is 0 Å². The van der Waals surface area contributed by atoms with Crippen LogP contribution in [0.5, 0.6) is 0 Å². The molecule has 2 aliphatic carbocycles. The summed E-state index contributed by atoms with van der Waals surface area (Å²) < 4.78 is 0. The molecule has 1 nitrogen and oxygen atoms in total. The molecule has 0 aromatic heterocycles. The van der Waals surface area contributed by atoms with Gasteiger partial charge in [0.1, 0.15) is 5.78 Å². The number of carbonyl (C=O) groups excluding carboxylic acids is 1. The van der Waals surface area contributed by atoms with Crippen molar-refractivity contribution in [1.29, 1.82) is 0 Å². The van der Waals surface area contributed by atoms with Crippen molar-refractivity contribution in [3.63, 3.8) is 0 Å². The summed E-state index contributed by atoms with van der Waals surface area (Å²) in [7, 11) is 0. The van der Waals surface area contributed by atoms with Gasteiger partial charge in [-0.1, -0.05) is 6.08 Å². The van der Waals surface area contributed by atoms with Crippen LogP contribution in [0.1, 0.15) is 19.3 Å². The van der Waals surface area contributed by atoms with Crippen LogP contribution in [0, 0.1) is 17.8 Å². The average Bonchev–Trinajstić information content (AvgIpc) is 2.26. The fourth-order valence-electron chi connectivity index (χ4n) is 2.23. The van der Waals surface area contributed by atoms with Crippen molar-refractivity contribution in [3.05, 3.63) is 12.7 Å². The van der Waals surface area contributed by atoms with Crippen molar-refractivity contribution in [3.8, 4) is 0 Å². The van der Waals surface area contributed by atoms with Crippen LogP contribution in [-0.4, -0.2) is 5.78 Å². The fraction of sp³-hybridized carbons (Fsp3) is 0.667. The van der Waals surface area contributed by atoms with Gasteiger partial charge in [0, 0.05) is 12.3 Å². The van der Waals surface area contributed by atoms with Crippen molar-refractivity contribution in [2.45, 2.75) is 19.3 Å². The van der Waals surface area contributed by atoms with E-state index in [2.05, 4.69) is 6.58 Å². The number of hydrogen-bond donors (Lipinski definition) is 0. The molecule has 0 aromatic rings. The van der Waals surface area contributed by atoms with Gasteiger partial charge >= 0.3 is 0 Å². The Balaban J connectivity index is 2.05. The smallest absolute Gasteiger partial charge is 0.136 e. The number of ketones is 1. The number of hydrogen-bond acceptors (Lipinski definition) is 1. The largest absolute Gasteiger partial charge is 0.299 e. The Morgan fingerprint density at radius 3 is 2.80 bits per heavy atom. The third-order valence-electron chi connectivity index (χ3n) is 2.94. The Labute approximate surface area is 61.1 Å². The Morgan fingerprint density at radius 1 is 1.50 bits per heavy atom. The zero-order valence-corrected chi connectivity index (χ0v) is 6.05. The van der Waals surface area contributed by atoms with E-state index in [9.17, 15) is 4.79 Å². The number of allylic oxidation sites excluding steroid dienone is 1. The lowest BCUT2D eigenvalue weighted by molar-refractivity contribution is -0.132. The van der Waals surface area contributed by atoms with Crippen molar-refractivity contribution in [2.75, 3.05) is 0 Å². The zero-order chi connectivity index (χ0) is 7.14. The molecular weight excluding hydrogens is 124 g/mol. The lowest BCUT2D eigenvalue weighted by atomic mass is 9.75. The van der Waals surface area contributed by atoms with E-state index in [0.717, 1.165) is 18.8 Å². The molecule has 2 rings (SSSR count). The first-order valence-corrected chi connectivity index (χ1v) is 3.96. The molecule has 0 bridgehead atoms. The van der Waals surface area contributed by atoms with Crippen LogP contribution in [0.4, 0.5) is 0 Å². The van der Waals surface area contributed by atoms with Gasteiger partial charge in [0.05, 0.1) is 0 Å². The van der Waals surface area contributed by atoms with E-state index in [1.807, 2.05) is 6.08 Å². The highest BCUT2D eigenvalue weighted by molar-refractivity contribution is 5.87. The molecule has 0 radical (unpaired) electrons. The summed E-state index contributed by atoms with van der Waals surface area (Å²) in [5.41, 5.74) is 0. The number of rotatable bonds is 1. The second kappa shape index (κ2) is 1.94. The highest BCUT2D eigenvalue weighted by Crippen LogP contribution is 2.47. The van der Waals surface area contributed by atoms with E-state index < -0.39 is 0 Å². The summed E-state index contributed by atoms with van der Waals surface area (Å²) in [5, 5.41) is 0. The minimum atomic E-state index is 0.433. The topological polar surface area (TPSA) is 17.1 Å². The minimum absolute atomic E-state index is 0.433. The van der Waals surface area contributed by atoms with Gasteiger partial charge < -0.3 is 0 Å². The highest BCUT2D eigenvalue weighted by atomic mass is 16.1. The van der Waals surface area contributed by atoms with E-state index in [0.29, 0.717) is 17.6 Å². The van der Waals surface area contributed by atoms with Crippen molar-refractivity contribution < 1.29 is 4.79 Å². The van der Waals surface area contributed by atoms with Crippen LogP contribution in [0.2, 0.25) is 0 Å². The number of Topliss-reactive ketones (excluding diaryl/α,β-unsaturated/α-hetero) is 1. The van der Waals surface area contributed by atoms with Crippen LogP contribution < -0.4 is 0 Å². The molecule has 2 unspecified atom stereocenters. The molecule has 3 atom stereocenters. The summed E-state index contributed by atoms with van der Waals surface area (Å²) in [6, 6.07) is 0. The molecule has 0 N–H and O–H groups in total. The van der Waals surface area contributed by atoms with Crippen LogP contribution in [0.25, 0.3) is 0 Å². The van der Waals surface area contributed by atoms with Gasteiger partial charge in [0.25, 0.3) is 0 Å². The predicted molar refractivity (Wildman–Crippen MR) is 39.5 cm³/mol. The van der Waals surface area contributed by atoms with Gasteiger partial charge in [-0.25, -0.2) is 0 Å². The highest BCUT2D eigenvalue weighted by Gasteiger charge is 2.45. The second-order valence-electron chi connectivity index (χ2n) is 3.50. The summed E-state index contributed by atoms with van der Waals surface area (Å²) in [5.74, 6) is 2.30. The predicted octanol–water partition coefficient (Wildman–Crippen LogP) is 1.79. The van der Waals surface area contributed by atoms with E-state index in [-0.39, 0.29) is 0 Å². The molecule has 2 saturated carbocycles. The fourth-order valence-corrected chi connectivity index (χ4v) is 2.23. The van der Waals surface area contributed by atoms with E-state index in [4.69, 9.17) is 0 Å². The Bertz CT molecular complexity index is 183. The Hall–Kier alpha value is -0.590. The van der Waals surface area contributed by atoms with Crippen molar-refractivity contribution in [2.24, 2.45) is 17.8 Å². The maximum absolute atomic E-state index is 10.9. The molecule has 0 heterocycles. The van der Waals surface area contributed by atoms with Gasteiger partial charge in [0.2, 0.25) is 0 Å². The molecule has 0 spiro atoms. The van der Waals surface area contributed by atoms with Crippen LogP contribution in [0.15, 0.2) is 12.7 Å². The summed E-state index contributed by atoms with van der Waals surface area (Å²) in [6.07, 6.45) is 5.17. The zero-order valence-electron chi connectivity index (χ0n) is 6.05. The second-order valence-corrected chi connectivity index (χ2v) is 3.50. The number of fused-ring (bicyclic) bond motifs is 1. The first kappa shape index (κ1) is 6.14. The molecular formula is C9H12O. The first-order chi connectivity index (χ1) is 4.81. The van der Waals surface area contributed by atoms with E-state index in [1.54, 1.807) is 0 Å². The van der Waals surface area contributed by atoms with Crippen molar-refractivity contribution in [1.82, 2.24) is 0 Å². The molecule has 2 aliphatic rings. The quantitative estimate of drug-likeness (QED) is 0.502. The van der Waals surface area contributed by atoms with E-state index in [1.165, 1.54) is 6.42 Å². The standard InChI is InChI=1S/C9H12O/c1-2-6-3-7-5-9(10)8(7)4-6/h2,6-8H,1,3-5H2/t6?,7-,8?/m1/s1. The third kappa shape index (κ3) is 0.664. The average molecular weight is 136 g/mol. The van der Waals surface area contributed by atoms with Crippen molar-refractivity contribution >= 4 is 5.78 Å². The molecule has 54 valence electrons. The molecule has 0 amide bonds. The molecule has 0 aromatic carbocycles. The summed E-state index contributed by atoms with van der Waals surface area (Å²) in [6.45, 7) is 3.75. The monoisotopic (exact) mass is 136 g/mol. The van der Waals surface area contributed by atoms with Gasteiger partial charge in [-0.3, -0.25) is 4.79 Å². The molecule has 0 saturated heterocycles. The number of carbonyl (C=O) groups is 1. The van der Waals surface area contributed by atoms with E-state index >= 15 is 0 Å².